The number of carboxylic acid groups (broad SMARTS) is 2. The first-order valence-corrected chi connectivity index (χ1v) is 10.3. The summed E-state index contributed by atoms with van der Waals surface area (Å²) in [6.45, 7) is 3.54. The van der Waals surface area contributed by atoms with E-state index >= 15 is 0 Å². The lowest BCUT2D eigenvalue weighted by Gasteiger charge is -2.37. The first-order valence-electron chi connectivity index (χ1n) is 10.3. The Kier molecular flexibility index (Phi) is 7.31. The maximum Gasteiger partial charge on any atom is 0.409 e. The third-order valence-electron chi connectivity index (χ3n) is 5.30. The smallest absolute Gasteiger partial charge is 0.409 e. The van der Waals surface area contributed by atoms with Crippen molar-refractivity contribution in [3.8, 4) is 0 Å². The van der Waals surface area contributed by atoms with Gasteiger partial charge >= 0.3 is 18.0 Å². The van der Waals surface area contributed by atoms with E-state index in [9.17, 15) is 24.3 Å². The van der Waals surface area contributed by atoms with Crippen LogP contribution < -0.4 is 5.32 Å². The van der Waals surface area contributed by atoms with E-state index in [1.165, 1.54) is 0 Å². The van der Waals surface area contributed by atoms with Gasteiger partial charge in [-0.3, -0.25) is 19.3 Å². The number of aliphatic carboxylic acids is 2. The van der Waals surface area contributed by atoms with Crippen LogP contribution in [0.1, 0.15) is 31.4 Å². The molecule has 172 valence electrons. The number of rotatable bonds is 8. The number of piperazine rings is 1. The first kappa shape index (κ1) is 23.1. The molecule has 1 aliphatic rings. The minimum atomic E-state index is -1.05. The predicted molar refractivity (Wildman–Crippen MR) is 114 cm³/mol. The number of carbonyl (C=O) groups is 4. The summed E-state index contributed by atoms with van der Waals surface area (Å²) in [4.78, 5) is 52.9. The summed E-state index contributed by atoms with van der Waals surface area (Å²) in [5.74, 6) is -2.46. The third kappa shape index (κ3) is 5.35. The van der Waals surface area contributed by atoms with Crippen LogP contribution in [0.2, 0.25) is 0 Å². The number of amides is 2. The number of nitrogens with one attached hydrogen (secondary N) is 2. The second kappa shape index (κ2) is 10.1. The Morgan fingerprint density at radius 1 is 1.12 bits per heavy atom. The number of hydrogen-bond acceptors (Lipinski definition) is 6. The van der Waals surface area contributed by atoms with Gasteiger partial charge in [-0.1, -0.05) is 6.07 Å². The topological polar surface area (TPSA) is 152 Å². The molecule has 0 saturated carbocycles. The van der Waals surface area contributed by atoms with Gasteiger partial charge < -0.3 is 30.2 Å². The highest BCUT2D eigenvalue weighted by Gasteiger charge is 2.33. The van der Waals surface area contributed by atoms with Crippen molar-refractivity contribution in [2.45, 2.75) is 25.8 Å². The quantitative estimate of drug-likeness (QED) is 0.479. The molecule has 11 heteroatoms. The maximum absolute atomic E-state index is 12.1. The number of anilines is 1. The molecule has 2 aromatic rings. The number of carboxylic acids is 2. The highest BCUT2D eigenvalue weighted by molar-refractivity contribution is 5.96. The van der Waals surface area contributed by atoms with E-state index in [0.29, 0.717) is 48.3 Å². The highest BCUT2D eigenvalue weighted by atomic mass is 16.6. The summed E-state index contributed by atoms with van der Waals surface area (Å²) in [5, 5.41) is 22.0. The second-order valence-corrected chi connectivity index (χ2v) is 7.41. The summed E-state index contributed by atoms with van der Waals surface area (Å²) < 4.78 is 5.01. The minimum Gasteiger partial charge on any atom is -0.481 e. The highest BCUT2D eigenvalue weighted by Crippen LogP contribution is 2.31. The van der Waals surface area contributed by atoms with Crippen molar-refractivity contribution in [3.05, 3.63) is 30.0 Å². The molecule has 0 radical (unpaired) electrons. The Morgan fingerprint density at radius 3 is 2.47 bits per heavy atom. The van der Waals surface area contributed by atoms with Crippen LogP contribution in [0.4, 0.5) is 10.5 Å². The molecule has 1 fully saturated rings. The molecule has 0 bridgehead atoms. The molecule has 4 N–H and O–H groups in total. The second-order valence-electron chi connectivity index (χ2n) is 7.41. The van der Waals surface area contributed by atoms with E-state index in [4.69, 9.17) is 9.84 Å². The Morgan fingerprint density at radius 2 is 1.84 bits per heavy atom. The summed E-state index contributed by atoms with van der Waals surface area (Å²) >= 11 is 0. The van der Waals surface area contributed by atoms with Gasteiger partial charge in [-0.25, -0.2) is 4.79 Å². The molecule has 1 aromatic carbocycles. The average Bonchev–Trinajstić information content (AvgIpc) is 3.15. The zero-order valence-corrected chi connectivity index (χ0v) is 17.7. The summed E-state index contributed by atoms with van der Waals surface area (Å²) in [7, 11) is 0. The van der Waals surface area contributed by atoms with E-state index in [1.54, 1.807) is 36.2 Å². The molecule has 2 amide bonds. The normalized spacial score (nSPS) is 15.3. The van der Waals surface area contributed by atoms with Crippen molar-refractivity contribution in [2.24, 2.45) is 0 Å². The van der Waals surface area contributed by atoms with Crippen LogP contribution in [0.5, 0.6) is 0 Å². The van der Waals surface area contributed by atoms with Crippen LogP contribution in [0, 0.1) is 0 Å². The Balaban J connectivity index is 1.74. The summed E-state index contributed by atoms with van der Waals surface area (Å²) in [5.41, 5.74) is 1.71. The SMILES string of the molecule is CCOC(=O)N1CCN([C@H](C(=O)O)c2c[nH]c3cc(NC(=O)CCC(=O)O)ccc23)CC1. The Bertz CT molecular complexity index is 1010. The Labute approximate surface area is 183 Å². The third-order valence-corrected chi connectivity index (χ3v) is 5.30. The molecule has 32 heavy (non-hydrogen) atoms. The fraction of sp³-hybridized carbons (Fsp3) is 0.429. The average molecular weight is 446 g/mol. The van der Waals surface area contributed by atoms with E-state index < -0.39 is 30.0 Å². The molecule has 1 saturated heterocycles. The lowest BCUT2D eigenvalue weighted by molar-refractivity contribution is -0.144. The molecule has 1 aromatic heterocycles. The monoisotopic (exact) mass is 446 g/mol. The van der Waals surface area contributed by atoms with Gasteiger partial charge in [0.25, 0.3) is 0 Å². The molecular weight excluding hydrogens is 420 g/mol. The number of carbonyl (C=O) groups excluding carboxylic acids is 2. The van der Waals surface area contributed by atoms with Gasteiger partial charge in [0.05, 0.1) is 13.0 Å². The van der Waals surface area contributed by atoms with Gasteiger partial charge in [-0.05, 0) is 19.1 Å². The minimum absolute atomic E-state index is 0.137. The molecule has 11 nitrogen and oxygen atoms in total. The van der Waals surface area contributed by atoms with Gasteiger partial charge in [-0.15, -0.1) is 0 Å². The zero-order valence-electron chi connectivity index (χ0n) is 17.7. The molecule has 2 heterocycles. The number of fused-ring (bicyclic) bond motifs is 1. The maximum atomic E-state index is 12.1. The van der Waals surface area contributed by atoms with Gasteiger partial charge in [0.1, 0.15) is 6.04 Å². The van der Waals surface area contributed by atoms with E-state index in [1.807, 2.05) is 4.90 Å². The summed E-state index contributed by atoms with van der Waals surface area (Å²) in [6.07, 6.45) is 0.841. The molecule has 0 aliphatic carbocycles. The lowest BCUT2D eigenvalue weighted by atomic mass is 10.0. The van der Waals surface area contributed by atoms with Crippen molar-refractivity contribution in [2.75, 3.05) is 38.1 Å². The zero-order chi connectivity index (χ0) is 23.3. The number of benzene rings is 1. The standard InChI is InChI=1S/C21H26N4O7/c1-2-32-21(31)25-9-7-24(8-10-25)19(20(29)30)15-12-22-16-11-13(3-4-14(15)16)23-17(26)5-6-18(27)28/h3-4,11-12,19,22H,2,5-10H2,1H3,(H,23,26)(H,27,28)(H,29,30)/t19-/m0/s1. The van der Waals surface area contributed by atoms with Gasteiger partial charge in [0.15, 0.2) is 0 Å². The first-order chi connectivity index (χ1) is 15.3. The number of ether oxygens (including phenoxy) is 1. The molecule has 1 aliphatic heterocycles. The van der Waals surface area contributed by atoms with Crippen LogP contribution in [0.3, 0.4) is 0 Å². The Hall–Kier alpha value is -3.60. The van der Waals surface area contributed by atoms with Gasteiger partial charge in [0, 0.05) is 61.0 Å². The van der Waals surface area contributed by atoms with Crippen LogP contribution in [0.15, 0.2) is 24.4 Å². The predicted octanol–water partition coefficient (Wildman–Crippen LogP) is 1.87. The number of aromatic nitrogens is 1. The van der Waals surface area contributed by atoms with Gasteiger partial charge in [-0.2, -0.15) is 0 Å². The van der Waals surface area contributed by atoms with Crippen molar-refractivity contribution in [3.63, 3.8) is 0 Å². The van der Waals surface area contributed by atoms with Crippen LogP contribution >= 0.6 is 0 Å². The fourth-order valence-corrected chi connectivity index (χ4v) is 3.76. The molecular formula is C21H26N4O7. The van der Waals surface area contributed by atoms with Crippen LogP contribution in [-0.4, -0.2) is 81.7 Å². The number of hydrogen-bond donors (Lipinski definition) is 4. The van der Waals surface area contributed by atoms with Crippen LogP contribution in [-0.2, 0) is 19.1 Å². The van der Waals surface area contributed by atoms with Gasteiger partial charge in [0.2, 0.25) is 5.91 Å². The van der Waals surface area contributed by atoms with E-state index in [-0.39, 0.29) is 19.4 Å². The van der Waals surface area contributed by atoms with Crippen molar-refractivity contribution < 1.29 is 34.1 Å². The number of nitrogens with zero attached hydrogens (tertiary/aromatic N) is 2. The van der Waals surface area contributed by atoms with Crippen LogP contribution in [0.25, 0.3) is 10.9 Å². The largest absolute Gasteiger partial charge is 0.481 e. The fourth-order valence-electron chi connectivity index (χ4n) is 3.76. The van der Waals surface area contributed by atoms with Crippen molar-refractivity contribution >= 4 is 40.5 Å². The van der Waals surface area contributed by atoms with Crippen molar-refractivity contribution in [1.82, 2.24) is 14.8 Å². The molecule has 1 atom stereocenters. The van der Waals surface area contributed by atoms with Crippen molar-refractivity contribution in [1.29, 1.82) is 0 Å². The molecule has 0 spiro atoms. The van der Waals surface area contributed by atoms with E-state index in [2.05, 4.69) is 10.3 Å². The van der Waals surface area contributed by atoms with E-state index in [0.717, 1.165) is 0 Å². The number of aromatic amines is 1. The lowest BCUT2D eigenvalue weighted by Crippen LogP contribution is -2.51. The molecule has 3 rings (SSSR count). The molecule has 0 unspecified atom stereocenters. The number of H-pyrrole nitrogens is 1. The summed E-state index contributed by atoms with van der Waals surface area (Å²) in [6, 6.07) is 4.15.